The fourth-order valence-corrected chi connectivity index (χ4v) is 16.2. The molecule has 3 aliphatic rings. The molecule has 1 unspecified atom stereocenters. The second-order valence-corrected chi connectivity index (χ2v) is 28.2. The molecule has 1 aliphatic carbocycles. The Morgan fingerprint density at radius 1 is 0.531 bits per heavy atom. The molecule has 96 heavy (non-hydrogen) atoms. The Morgan fingerprint density at radius 3 is 1.85 bits per heavy atom. The molecular weight excluding hydrogens is 1160 g/mol. The van der Waals surface area contributed by atoms with Crippen LogP contribution in [0.5, 0.6) is 0 Å². The van der Waals surface area contributed by atoms with E-state index >= 15 is 0 Å². The van der Waals surface area contributed by atoms with Gasteiger partial charge in [0.05, 0.1) is 51.2 Å². The van der Waals surface area contributed by atoms with Crippen LogP contribution in [-0.2, 0) is 11.8 Å². The van der Waals surface area contributed by atoms with Crippen molar-refractivity contribution in [3.05, 3.63) is 273 Å². The van der Waals surface area contributed by atoms with Gasteiger partial charge in [-0.05, 0) is 236 Å². The third kappa shape index (κ3) is 9.14. The lowest BCUT2D eigenvalue weighted by Crippen LogP contribution is -2.61. The van der Waals surface area contributed by atoms with Gasteiger partial charge in [0.1, 0.15) is 15.7 Å². The van der Waals surface area contributed by atoms with E-state index in [2.05, 4.69) is 295 Å². The van der Waals surface area contributed by atoms with E-state index < -0.39 is 0 Å². The normalized spacial score (nSPS) is 14.1. The average molecular weight is 1230 g/mol. The van der Waals surface area contributed by atoms with Crippen LogP contribution in [0.4, 0.5) is 28.4 Å². The summed E-state index contributed by atoms with van der Waals surface area (Å²) in [7, 11) is 14.6. The Morgan fingerprint density at radius 2 is 1.17 bits per heavy atom. The van der Waals surface area contributed by atoms with Crippen molar-refractivity contribution in [3.63, 3.8) is 0 Å². The molecule has 0 saturated carbocycles. The van der Waals surface area contributed by atoms with Gasteiger partial charge in [-0.15, -0.1) is 0 Å². The Balaban J connectivity index is 1.01. The van der Waals surface area contributed by atoms with Crippen LogP contribution in [0, 0.1) is 77.0 Å². The first kappa shape index (κ1) is 60.2. The van der Waals surface area contributed by atoms with Gasteiger partial charge >= 0.3 is 0 Å². The highest BCUT2D eigenvalue weighted by atomic mass is 15.2. The fourth-order valence-electron chi connectivity index (χ4n) is 16.2. The van der Waals surface area contributed by atoms with Crippen molar-refractivity contribution in [3.8, 4) is 45.8 Å². The predicted octanol–water partition coefficient (Wildman–Crippen LogP) is 17.8. The molecular formula is C87H71B3N6. The minimum Gasteiger partial charge on any atom is -0.311 e. The second kappa shape index (κ2) is 22.5. The Bertz CT molecular complexity index is 5570. The number of hydrogen-bond acceptors (Lipinski definition) is 4. The number of hydrogen-bond donors (Lipinski definition) is 0. The number of benzene rings is 11. The minimum atomic E-state index is -0.207. The topological polar surface area (TPSA) is 63.9 Å². The van der Waals surface area contributed by atoms with Crippen molar-refractivity contribution >= 4 is 122 Å². The van der Waals surface area contributed by atoms with Gasteiger partial charge in [-0.2, -0.15) is 10.5 Å². The van der Waals surface area contributed by atoms with Crippen LogP contribution in [0.3, 0.4) is 0 Å². The molecule has 458 valence electrons. The molecule has 0 fully saturated rings. The summed E-state index contributed by atoms with van der Waals surface area (Å²) in [6.07, 6.45) is 8.43. The lowest BCUT2D eigenvalue weighted by molar-refractivity contribution is 0.590. The van der Waals surface area contributed by atoms with Crippen molar-refractivity contribution in [2.75, 3.05) is 9.80 Å². The first-order valence-electron chi connectivity index (χ1n) is 33.6. The van der Waals surface area contributed by atoms with E-state index in [-0.39, 0.29) is 12.1 Å². The summed E-state index contributed by atoms with van der Waals surface area (Å²) in [5.41, 5.74) is 34.3. The molecule has 0 saturated heterocycles. The molecule has 6 nitrogen and oxygen atoms in total. The lowest BCUT2D eigenvalue weighted by Gasteiger charge is -2.42. The summed E-state index contributed by atoms with van der Waals surface area (Å²) in [6, 6.07) is 71.4. The number of anilines is 5. The standard InChI is InChI=1S/C87H71B3N6/c1-49-25-31-65(32-26-49)93(64-19-13-12-14-20-64)76-36-27-57(47-91)40-69(76)59-29-34-71-61(42-59)44-62-43-60(70-41-58(48-92)28-37-77(70)96-74-23-17-15-21-67(74)68-22-16-18-24-75(68)96)45-79-84(62)90(71)72-35-33-66(46-78(72)95(79)73-38-30-63(39-50(73)2)87(9,10)11)94-85-56(8)52(4)51(3)53(5)80(85)81-54(6)55(7)82(88)83(89)86(81)94/h12-25,27-43,45-46,49H,26,44H2,1-11H3. The zero-order valence-electron chi connectivity index (χ0n) is 56.5. The number of aryl methyl sites for hydroxylation is 4. The average Bonchev–Trinajstić information content (AvgIpc) is 1.24. The van der Waals surface area contributed by atoms with Crippen LogP contribution in [0.25, 0.3) is 77.2 Å². The largest absolute Gasteiger partial charge is 0.311 e. The van der Waals surface area contributed by atoms with E-state index in [0.717, 1.165) is 129 Å². The van der Waals surface area contributed by atoms with Crippen LogP contribution in [0.1, 0.15) is 101 Å². The molecule has 13 aromatic rings. The van der Waals surface area contributed by atoms with Crippen molar-refractivity contribution < 1.29 is 0 Å². The highest BCUT2D eigenvalue weighted by Gasteiger charge is 2.42. The van der Waals surface area contributed by atoms with E-state index in [4.69, 9.17) is 15.7 Å². The molecule has 2 aliphatic heterocycles. The smallest absolute Gasteiger partial charge is 0.247 e. The minimum absolute atomic E-state index is 0.0985. The van der Waals surface area contributed by atoms with Gasteiger partial charge in [-0.1, -0.05) is 159 Å². The molecule has 4 radical (unpaired) electrons. The molecule has 16 rings (SSSR count). The Hall–Kier alpha value is -10.7. The van der Waals surface area contributed by atoms with Gasteiger partial charge in [0.2, 0.25) is 6.71 Å². The number of fused-ring (bicyclic) bond motifs is 10. The molecule has 2 aromatic heterocycles. The van der Waals surface area contributed by atoms with E-state index in [0.29, 0.717) is 34.4 Å². The quantitative estimate of drug-likeness (QED) is 0.142. The molecule has 11 aromatic carbocycles. The molecule has 0 N–H and O–H groups in total. The monoisotopic (exact) mass is 1230 g/mol. The number of rotatable bonds is 8. The van der Waals surface area contributed by atoms with Gasteiger partial charge in [0, 0.05) is 72.3 Å². The summed E-state index contributed by atoms with van der Waals surface area (Å²) >= 11 is 0. The number of aromatic nitrogens is 2. The molecule has 0 bridgehead atoms. The van der Waals surface area contributed by atoms with Crippen LogP contribution in [0.2, 0.25) is 0 Å². The van der Waals surface area contributed by atoms with E-state index in [1.54, 1.807) is 0 Å². The molecule has 0 spiro atoms. The fraction of sp³-hybridized carbons (Fsp3) is 0.172. The molecule has 9 heteroatoms. The first-order chi connectivity index (χ1) is 46.3. The van der Waals surface area contributed by atoms with Crippen LogP contribution in [0.15, 0.2) is 206 Å². The maximum absolute atomic E-state index is 10.9. The van der Waals surface area contributed by atoms with Gasteiger partial charge in [-0.3, -0.25) is 0 Å². The van der Waals surface area contributed by atoms with E-state index in [1.165, 1.54) is 60.7 Å². The van der Waals surface area contributed by atoms with Gasteiger partial charge in [-0.25, -0.2) is 0 Å². The van der Waals surface area contributed by atoms with Gasteiger partial charge in [0.15, 0.2) is 0 Å². The van der Waals surface area contributed by atoms with Crippen molar-refractivity contribution in [2.45, 2.75) is 94.4 Å². The maximum atomic E-state index is 10.9. The molecule has 0 amide bonds. The lowest BCUT2D eigenvalue weighted by atomic mass is 9.32. The molecule has 1 atom stereocenters. The summed E-state index contributed by atoms with van der Waals surface area (Å²) in [5.74, 6) is 0.427. The Labute approximate surface area is 566 Å². The summed E-state index contributed by atoms with van der Waals surface area (Å²) < 4.78 is 4.80. The van der Waals surface area contributed by atoms with E-state index in [1.807, 2.05) is 12.1 Å². The highest BCUT2D eigenvalue weighted by molar-refractivity contribution is 6.99. The van der Waals surface area contributed by atoms with E-state index in [9.17, 15) is 10.5 Å². The maximum Gasteiger partial charge on any atom is 0.247 e. The zero-order chi connectivity index (χ0) is 66.5. The van der Waals surface area contributed by atoms with Gasteiger partial charge in [0.25, 0.3) is 0 Å². The zero-order valence-corrected chi connectivity index (χ0v) is 56.5. The summed E-state index contributed by atoms with van der Waals surface area (Å²) in [5, 5.41) is 26.3. The van der Waals surface area contributed by atoms with Gasteiger partial charge < -0.3 is 18.9 Å². The second-order valence-electron chi connectivity index (χ2n) is 28.2. The number of allylic oxidation sites excluding steroid dienone is 3. The number of nitriles is 2. The predicted molar refractivity (Wildman–Crippen MR) is 406 cm³/mol. The number of nitrogens with zero attached hydrogens (tertiary/aromatic N) is 6. The van der Waals surface area contributed by atoms with Crippen molar-refractivity contribution in [1.82, 2.24) is 9.13 Å². The summed E-state index contributed by atoms with van der Waals surface area (Å²) in [6.45, 7) is 24.5. The van der Waals surface area contributed by atoms with Crippen molar-refractivity contribution in [1.29, 1.82) is 10.5 Å². The first-order valence-corrected chi connectivity index (χ1v) is 33.6. The SMILES string of the molecule is [B]c1c(C)c(C)c2c3c(C)c(C)c(C)c(C)c3n(-c3ccc4c(c3)N(c3ccc(C(C)(C)C)cc3C)c3cc(-c5cc(C#N)ccc5-n5c6ccccc6c6ccccc65)cc5c3B4c3ccc(-c4cc(C#N)ccc4N(C4=CCC(C)C=C4)c4ccccc4)cc3C5)c2c1[B]. The highest BCUT2D eigenvalue weighted by Crippen LogP contribution is 2.48. The van der Waals surface area contributed by atoms with Crippen LogP contribution in [-0.4, -0.2) is 31.5 Å². The third-order valence-corrected chi connectivity index (χ3v) is 21.7. The van der Waals surface area contributed by atoms with Crippen LogP contribution >= 0.6 is 0 Å². The van der Waals surface area contributed by atoms with Crippen molar-refractivity contribution in [2.24, 2.45) is 5.92 Å². The summed E-state index contributed by atoms with van der Waals surface area (Å²) in [4.78, 5) is 4.90. The Kier molecular flexibility index (Phi) is 14.1. The third-order valence-electron chi connectivity index (χ3n) is 21.7. The molecule has 4 heterocycles. The number of para-hydroxylation sites is 3. The van der Waals surface area contributed by atoms with Crippen LogP contribution < -0.4 is 37.1 Å².